The van der Waals surface area contributed by atoms with E-state index in [1.165, 1.54) is 29.4 Å². The number of benzene rings is 2. The molecule has 3 rings (SSSR count). The second-order valence-corrected chi connectivity index (χ2v) is 8.95. The van der Waals surface area contributed by atoms with Crippen molar-refractivity contribution in [2.45, 2.75) is 11.8 Å². The molecule has 0 saturated carbocycles. The number of nitrogens with zero attached hydrogens (tertiary/aromatic N) is 2. The van der Waals surface area contributed by atoms with Crippen LogP contribution < -0.4 is 4.90 Å². The molecule has 1 saturated heterocycles. The van der Waals surface area contributed by atoms with Crippen molar-refractivity contribution in [3.05, 3.63) is 58.1 Å². The summed E-state index contributed by atoms with van der Waals surface area (Å²) in [6.45, 7) is 2.30. The molecule has 0 N–H and O–H groups in total. The van der Waals surface area contributed by atoms with Crippen LogP contribution in [0.1, 0.15) is 17.3 Å². The van der Waals surface area contributed by atoms with E-state index >= 15 is 0 Å². The second-order valence-electron chi connectivity index (χ2n) is 6.19. The van der Waals surface area contributed by atoms with Crippen LogP contribution in [-0.4, -0.2) is 44.7 Å². The number of ketones is 1. The molecule has 1 aliphatic rings. The maximum atomic E-state index is 14.3. The Kier molecular flexibility index (Phi) is 5.64. The van der Waals surface area contributed by atoms with Crippen LogP contribution in [0.25, 0.3) is 0 Å². The van der Waals surface area contributed by atoms with Crippen LogP contribution in [0.3, 0.4) is 0 Å². The molecule has 0 aromatic heterocycles. The molecule has 2 aromatic rings. The molecule has 1 aliphatic heterocycles. The third-order valence-corrected chi connectivity index (χ3v) is 7.32. The quantitative estimate of drug-likeness (QED) is 0.658. The molecule has 1 fully saturated rings. The highest BCUT2D eigenvalue weighted by atomic mass is 79.9. The van der Waals surface area contributed by atoms with Crippen molar-refractivity contribution < 1.29 is 22.0 Å². The smallest absolute Gasteiger partial charge is 0.244 e. The SMILES string of the molecule is CC(=O)c1ccc(N2CCN(S(=O)(=O)c3ccc(F)cc3Br)CC2)c(F)c1. The number of Topliss-reactive ketones (excluding diaryl/α,β-unsaturated/α-hetero) is 1. The number of piperazine rings is 1. The van der Waals surface area contributed by atoms with Crippen molar-refractivity contribution in [2.75, 3.05) is 31.1 Å². The summed E-state index contributed by atoms with van der Waals surface area (Å²) >= 11 is 3.09. The van der Waals surface area contributed by atoms with Gasteiger partial charge in [0.05, 0.1) is 10.6 Å². The number of sulfonamides is 1. The summed E-state index contributed by atoms with van der Waals surface area (Å²) in [7, 11) is -3.79. The number of halogens is 3. The van der Waals surface area contributed by atoms with Crippen LogP contribution in [0.2, 0.25) is 0 Å². The molecule has 5 nitrogen and oxygen atoms in total. The normalized spacial score (nSPS) is 15.8. The van der Waals surface area contributed by atoms with Gasteiger partial charge in [0, 0.05) is 36.2 Å². The van der Waals surface area contributed by atoms with Gasteiger partial charge < -0.3 is 4.90 Å². The average Bonchev–Trinajstić information content (AvgIpc) is 2.61. The van der Waals surface area contributed by atoms with Crippen LogP contribution >= 0.6 is 15.9 Å². The third-order valence-electron chi connectivity index (χ3n) is 4.45. The van der Waals surface area contributed by atoms with Gasteiger partial charge in [-0.25, -0.2) is 17.2 Å². The lowest BCUT2D eigenvalue weighted by molar-refractivity contribution is 0.101. The van der Waals surface area contributed by atoms with Gasteiger partial charge in [-0.15, -0.1) is 0 Å². The summed E-state index contributed by atoms with van der Waals surface area (Å²) in [4.78, 5) is 13.1. The van der Waals surface area contributed by atoms with Crippen LogP contribution in [-0.2, 0) is 10.0 Å². The van der Waals surface area contributed by atoms with Crippen molar-refractivity contribution in [2.24, 2.45) is 0 Å². The highest BCUT2D eigenvalue weighted by molar-refractivity contribution is 9.10. The van der Waals surface area contributed by atoms with E-state index in [1.807, 2.05) is 0 Å². The molecule has 0 radical (unpaired) electrons. The number of hydrogen-bond donors (Lipinski definition) is 0. The highest BCUT2D eigenvalue weighted by Gasteiger charge is 2.30. The standard InChI is InChI=1S/C18H17BrF2N2O3S/c1-12(24)13-2-4-17(16(21)10-13)22-6-8-23(9-7-22)27(25,26)18-5-3-14(20)11-15(18)19/h2-5,10-11H,6-9H2,1H3. The minimum atomic E-state index is -3.79. The molecule has 0 unspecified atom stereocenters. The first kappa shape index (κ1) is 19.9. The van der Waals surface area contributed by atoms with E-state index in [-0.39, 0.29) is 28.2 Å². The number of carbonyl (C=O) groups excluding carboxylic acids is 1. The molecule has 0 aliphatic carbocycles. The Labute approximate surface area is 164 Å². The molecule has 0 atom stereocenters. The van der Waals surface area contributed by atoms with Gasteiger partial charge in [-0.2, -0.15) is 4.31 Å². The topological polar surface area (TPSA) is 57.7 Å². The third kappa shape index (κ3) is 4.04. The Hall–Kier alpha value is -1.84. The largest absolute Gasteiger partial charge is 0.367 e. The molecule has 0 spiro atoms. The Balaban J connectivity index is 1.76. The zero-order valence-corrected chi connectivity index (χ0v) is 16.9. The molecule has 9 heteroatoms. The summed E-state index contributed by atoms with van der Waals surface area (Å²) < 4.78 is 54.6. The molecule has 2 aromatic carbocycles. The van der Waals surface area contributed by atoms with Crippen molar-refractivity contribution in [3.8, 4) is 0 Å². The Morgan fingerprint density at radius 1 is 1.04 bits per heavy atom. The minimum absolute atomic E-state index is 0.00524. The van der Waals surface area contributed by atoms with E-state index in [0.29, 0.717) is 24.3 Å². The van der Waals surface area contributed by atoms with Crippen LogP contribution in [0.4, 0.5) is 14.5 Å². The maximum absolute atomic E-state index is 14.3. The van der Waals surface area contributed by atoms with E-state index in [9.17, 15) is 22.0 Å². The van der Waals surface area contributed by atoms with Crippen molar-refractivity contribution in [3.63, 3.8) is 0 Å². The summed E-state index contributed by atoms with van der Waals surface area (Å²) in [5.41, 5.74) is 0.624. The number of hydrogen-bond acceptors (Lipinski definition) is 4. The Morgan fingerprint density at radius 3 is 2.26 bits per heavy atom. The molecule has 1 heterocycles. The number of anilines is 1. The van der Waals surface area contributed by atoms with E-state index < -0.39 is 21.7 Å². The predicted octanol–water partition coefficient (Wildman–Crippen LogP) is 3.44. The van der Waals surface area contributed by atoms with Gasteiger partial charge in [0.25, 0.3) is 0 Å². The van der Waals surface area contributed by atoms with Gasteiger partial charge in [0.15, 0.2) is 5.78 Å². The maximum Gasteiger partial charge on any atom is 0.244 e. The monoisotopic (exact) mass is 458 g/mol. The number of rotatable bonds is 4. The van der Waals surface area contributed by atoms with Gasteiger partial charge in [0.2, 0.25) is 10.0 Å². The first-order valence-corrected chi connectivity index (χ1v) is 10.4. The molecule has 0 amide bonds. The fraction of sp³-hybridized carbons (Fsp3) is 0.278. The lowest BCUT2D eigenvalue weighted by atomic mass is 10.1. The summed E-state index contributed by atoms with van der Waals surface area (Å²) in [5.74, 6) is -1.27. The first-order chi connectivity index (χ1) is 12.7. The summed E-state index contributed by atoms with van der Waals surface area (Å²) in [5, 5.41) is 0. The zero-order chi connectivity index (χ0) is 19.8. The van der Waals surface area contributed by atoms with Crippen molar-refractivity contribution >= 4 is 37.4 Å². The summed E-state index contributed by atoms with van der Waals surface area (Å²) in [6, 6.07) is 7.71. The van der Waals surface area contributed by atoms with Crippen molar-refractivity contribution in [1.82, 2.24) is 4.31 Å². The average molecular weight is 459 g/mol. The Bertz CT molecular complexity index is 990. The van der Waals surface area contributed by atoms with E-state index in [2.05, 4.69) is 15.9 Å². The van der Waals surface area contributed by atoms with Crippen LogP contribution in [0.5, 0.6) is 0 Å². The van der Waals surface area contributed by atoms with Gasteiger partial charge >= 0.3 is 0 Å². The minimum Gasteiger partial charge on any atom is -0.367 e. The predicted molar refractivity (Wildman–Crippen MR) is 101 cm³/mol. The van der Waals surface area contributed by atoms with Gasteiger partial charge in [0.1, 0.15) is 11.6 Å². The molecular formula is C18H17BrF2N2O3S. The molecule has 0 bridgehead atoms. The fourth-order valence-electron chi connectivity index (χ4n) is 2.98. The van der Waals surface area contributed by atoms with E-state index in [1.54, 1.807) is 11.0 Å². The first-order valence-electron chi connectivity index (χ1n) is 8.21. The second kappa shape index (κ2) is 7.65. The Morgan fingerprint density at radius 2 is 1.70 bits per heavy atom. The van der Waals surface area contributed by atoms with Crippen molar-refractivity contribution in [1.29, 1.82) is 0 Å². The summed E-state index contributed by atoms with van der Waals surface area (Å²) in [6.07, 6.45) is 0. The molecule has 27 heavy (non-hydrogen) atoms. The van der Waals surface area contributed by atoms with E-state index in [0.717, 1.165) is 12.1 Å². The number of carbonyl (C=O) groups is 1. The lowest BCUT2D eigenvalue weighted by Gasteiger charge is -2.35. The molecular weight excluding hydrogens is 442 g/mol. The van der Waals surface area contributed by atoms with Gasteiger partial charge in [-0.3, -0.25) is 4.79 Å². The van der Waals surface area contributed by atoms with E-state index in [4.69, 9.17) is 0 Å². The van der Waals surface area contributed by atoms with Crippen LogP contribution in [0.15, 0.2) is 45.8 Å². The van der Waals surface area contributed by atoms with Gasteiger partial charge in [-0.05, 0) is 59.3 Å². The highest BCUT2D eigenvalue weighted by Crippen LogP contribution is 2.28. The molecule has 144 valence electrons. The lowest BCUT2D eigenvalue weighted by Crippen LogP contribution is -2.49. The van der Waals surface area contributed by atoms with Gasteiger partial charge in [-0.1, -0.05) is 0 Å². The van der Waals surface area contributed by atoms with Crippen LogP contribution in [0, 0.1) is 11.6 Å². The zero-order valence-electron chi connectivity index (χ0n) is 14.5. The fourth-order valence-corrected chi connectivity index (χ4v) is 5.41.